The van der Waals surface area contributed by atoms with Gasteiger partial charge in [0, 0.05) is 17.6 Å². The summed E-state index contributed by atoms with van der Waals surface area (Å²) < 4.78 is 0. The Hall–Kier alpha value is -1.90. The summed E-state index contributed by atoms with van der Waals surface area (Å²) in [7, 11) is 0. The predicted molar refractivity (Wildman–Crippen MR) is 71.5 cm³/mol. The number of fused-ring (bicyclic) bond motifs is 1. The highest BCUT2D eigenvalue weighted by Crippen LogP contribution is 2.20. The van der Waals surface area contributed by atoms with Crippen LogP contribution >= 0.6 is 0 Å². The molecule has 3 heteroatoms. The van der Waals surface area contributed by atoms with Gasteiger partial charge in [-0.25, -0.2) is 0 Å². The Morgan fingerprint density at radius 3 is 2.78 bits per heavy atom. The number of nitrogens with zero attached hydrogens (tertiary/aromatic N) is 1. The second kappa shape index (κ2) is 4.77. The minimum Gasteiger partial charge on any atom is -0.349 e. The van der Waals surface area contributed by atoms with Gasteiger partial charge in [-0.3, -0.25) is 9.78 Å². The number of carbonyl (C=O) groups excluding carboxylic acids is 1. The molecule has 1 aromatic heterocycles. The molecule has 18 heavy (non-hydrogen) atoms. The van der Waals surface area contributed by atoms with Crippen molar-refractivity contribution in [2.45, 2.75) is 31.7 Å². The van der Waals surface area contributed by atoms with E-state index in [1.54, 1.807) is 6.20 Å². The van der Waals surface area contributed by atoms with E-state index in [0.29, 0.717) is 11.6 Å². The van der Waals surface area contributed by atoms with Gasteiger partial charge in [-0.15, -0.1) is 0 Å². The molecule has 1 saturated carbocycles. The minimum absolute atomic E-state index is 0.00574. The van der Waals surface area contributed by atoms with Crippen LogP contribution in [0.1, 0.15) is 36.0 Å². The zero-order valence-electron chi connectivity index (χ0n) is 10.2. The van der Waals surface area contributed by atoms with Gasteiger partial charge in [-0.2, -0.15) is 0 Å². The highest BCUT2D eigenvalue weighted by Gasteiger charge is 2.19. The molecule has 92 valence electrons. The highest BCUT2D eigenvalue weighted by molar-refractivity contribution is 6.05. The van der Waals surface area contributed by atoms with Gasteiger partial charge < -0.3 is 5.32 Å². The molecule has 1 aromatic carbocycles. The van der Waals surface area contributed by atoms with E-state index in [4.69, 9.17) is 0 Å². The minimum atomic E-state index is 0.00574. The van der Waals surface area contributed by atoms with Crippen LogP contribution in [0.25, 0.3) is 10.9 Å². The molecule has 0 radical (unpaired) electrons. The first-order valence-electron chi connectivity index (χ1n) is 6.49. The van der Waals surface area contributed by atoms with Crippen LogP contribution in [-0.2, 0) is 0 Å². The maximum absolute atomic E-state index is 12.3. The average Bonchev–Trinajstić information content (AvgIpc) is 2.91. The van der Waals surface area contributed by atoms with Gasteiger partial charge in [0.2, 0.25) is 0 Å². The molecule has 1 amide bonds. The van der Waals surface area contributed by atoms with Crippen molar-refractivity contribution >= 4 is 16.8 Å². The number of rotatable bonds is 2. The zero-order valence-corrected chi connectivity index (χ0v) is 10.2. The van der Waals surface area contributed by atoms with E-state index in [1.165, 1.54) is 12.8 Å². The van der Waals surface area contributed by atoms with Crippen molar-refractivity contribution in [1.82, 2.24) is 10.3 Å². The van der Waals surface area contributed by atoms with Crippen LogP contribution in [0, 0.1) is 0 Å². The third-order valence-corrected chi connectivity index (χ3v) is 3.57. The molecule has 1 heterocycles. The number of pyridine rings is 1. The number of aromatic nitrogens is 1. The maximum atomic E-state index is 12.3. The molecular formula is C15H16N2O. The summed E-state index contributed by atoms with van der Waals surface area (Å²) in [6.45, 7) is 0. The molecule has 1 aliphatic carbocycles. The third kappa shape index (κ3) is 2.08. The Bertz CT molecular complexity index is 568. The Kier molecular flexibility index (Phi) is 2.97. The van der Waals surface area contributed by atoms with Crippen molar-refractivity contribution in [3.8, 4) is 0 Å². The molecule has 0 atom stereocenters. The lowest BCUT2D eigenvalue weighted by molar-refractivity contribution is 0.0939. The van der Waals surface area contributed by atoms with E-state index in [0.717, 1.165) is 23.7 Å². The van der Waals surface area contributed by atoms with E-state index >= 15 is 0 Å². The van der Waals surface area contributed by atoms with Crippen LogP contribution in [0.15, 0.2) is 36.5 Å². The fourth-order valence-corrected chi connectivity index (χ4v) is 2.62. The Morgan fingerprint density at radius 2 is 1.94 bits per heavy atom. The lowest BCUT2D eigenvalue weighted by Gasteiger charge is -2.12. The molecule has 2 aromatic rings. The van der Waals surface area contributed by atoms with Gasteiger partial charge in [0.1, 0.15) is 0 Å². The summed E-state index contributed by atoms with van der Waals surface area (Å²) in [4.78, 5) is 16.6. The number of nitrogens with one attached hydrogen (secondary N) is 1. The Morgan fingerprint density at radius 1 is 1.17 bits per heavy atom. The molecule has 0 unspecified atom stereocenters. The molecule has 3 nitrogen and oxygen atoms in total. The summed E-state index contributed by atoms with van der Waals surface area (Å²) in [6.07, 6.45) is 6.38. The summed E-state index contributed by atoms with van der Waals surface area (Å²) in [5.74, 6) is 0.00574. The van der Waals surface area contributed by atoms with Crippen LogP contribution < -0.4 is 5.32 Å². The largest absolute Gasteiger partial charge is 0.349 e. The monoisotopic (exact) mass is 240 g/mol. The molecular weight excluding hydrogens is 224 g/mol. The van der Waals surface area contributed by atoms with Crippen molar-refractivity contribution in [3.63, 3.8) is 0 Å². The van der Waals surface area contributed by atoms with Crippen LogP contribution in [-0.4, -0.2) is 16.9 Å². The van der Waals surface area contributed by atoms with Gasteiger partial charge in [0.25, 0.3) is 5.91 Å². The van der Waals surface area contributed by atoms with Crippen LogP contribution in [0.3, 0.4) is 0 Å². The molecule has 0 spiro atoms. The number of amides is 1. The molecule has 0 bridgehead atoms. The molecule has 0 aliphatic heterocycles. The quantitative estimate of drug-likeness (QED) is 0.877. The Labute approximate surface area is 106 Å². The summed E-state index contributed by atoms with van der Waals surface area (Å²) in [5, 5.41) is 4.12. The van der Waals surface area contributed by atoms with Gasteiger partial charge >= 0.3 is 0 Å². The van der Waals surface area contributed by atoms with Crippen molar-refractivity contribution in [1.29, 1.82) is 0 Å². The maximum Gasteiger partial charge on any atom is 0.253 e. The topological polar surface area (TPSA) is 42.0 Å². The summed E-state index contributed by atoms with van der Waals surface area (Å²) >= 11 is 0. The summed E-state index contributed by atoms with van der Waals surface area (Å²) in [6, 6.07) is 9.95. The predicted octanol–water partition coefficient (Wildman–Crippen LogP) is 2.91. The van der Waals surface area contributed by atoms with Crippen molar-refractivity contribution in [2.24, 2.45) is 0 Å². The fraction of sp³-hybridized carbons (Fsp3) is 0.333. The van der Waals surface area contributed by atoms with E-state index in [1.807, 2.05) is 30.3 Å². The van der Waals surface area contributed by atoms with Crippen molar-refractivity contribution in [3.05, 3.63) is 42.1 Å². The fourth-order valence-electron chi connectivity index (χ4n) is 2.62. The summed E-state index contributed by atoms with van der Waals surface area (Å²) in [5.41, 5.74) is 1.47. The van der Waals surface area contributed by atoms with Gasteiger partial charge in [-0.1, -0.05) is 31.0 Å². The molecule has 3 rings (SSSR count). The number of hydrogen-bond donors (Lipinski definition) is 1. The number of para-hydroxylation sites is 1. The van der Waals surface area contributed by atoms with Crippen LogP contribution in [0.5, 0.6) is 0 Å². The zero-order chi connectivity index (χ0) is 12.4. The van der Waals surface area contributed by atoms with Crippen molar-refractivity contribution in [2.75, 3.05) is 0 Å². The Balaban J connectivity index is 1.91. The van der Waals surface area contributed by atoms with Crippen LogP contribution in [0.2, 0.25) is 0 Å². The van der Waals surface area contributed by atoms with E-state index < -0.39 is 0 Å². The van der Waals surface area contributed by atoms with Gasteiger partial charge in [0.05, 0.1) is 11.1 Å². The molecule has 1 N–H and O–H groups in total. The first kappa shape index (κ1) is 11.2. The first-order valence-corrected chi connectivity index (χ1v) is 6.49. The second-order valence-corrected chi connectivity index (χ2v) is 4.84. The van der Waals surface area contributed by atoms with E-state index in [9.17, 15) is 4.79 Å². The van der Waals surface area contributed by atoms with Crippen LogP contribution in [0.4, 0.5) is 0 Å². The third-order valence-electron chi connectivity index (χ3n) is 3.57. The number of hydrogen-bond acceptors (Lipinski definition) is 2. The lowest BCUT2D eigenvalue weighted by Crippen LogP contribution is -2.32. The smallest absolute Gasteiger partial charge is 0.253 e. The molecule has 0 saturated heterocycles. The number of carbonyl (C=O) groups is 1. The molecule has 1 fully saturated rings. The highest BCUT2D eigenvalue weighted by atomic mass is 16.1. The number of benzene rings is 1. The SMILES string of the molecule is O=C(NC1CCCC1)c1cccc2cccnc12. The standard InChI is InChI=1S/C15H16N2O/c18-15(17-12-7-1-2-8-12)13-9-3-5-11-6-4-10-16-14(11)13/h3-6,9-10,12H,1-2,7-8H2,(H,17,18). The molecule has 1 aliphatic rings. The lowest BCUT2D eigenvalue weighted by atomic mass is 10.1. The van der Waals surface area contributed by atoms with Crippen molar-refractivity contribution < 1.29 is 4.79 Å². The van der Waals surface area contributed by atoms with Gasteiger partial charge in [0.15, 0.2) is 0 Å². The normalized spacial score (nSPS) is 16.0. The average molecular weight is 240 g/mol. The van der Waals surface area contributed by atoms with E-state index in [2.05, 4.69) is 10.3 Å². The van der Waals surface area contributed by atoms with Gasteiger partial charge in [-0.05, 0) is 25.0 Å². The first-order chi connectivity index (χ1) is 8.84. The second-order valence-electron chi connectivity index (χ2n) is 4.84. The van der Waals surface area contributed by atoms with E-state index in [-0.39, 0.29) is 5.91 Å².